The number of hydrogen-bond donors (Lipinski definition) is 2. The first-order valence-electron chi connectivity index (χ1n) is 9.33. The molecule has 2 aromatic carbocycles. The molecule has 1 unspecified atom stereocenters. The molecule has 0 saturated heterocycles. The SMILES string of the molecule is COc1ccc(OC)c(-c2cc(C(=O)NC(C)C(=O)NCc3ccccc3)no2)c1. The quantitative estimate of drug-likeness (QED) is 0.593. The summed E-state index contributed by atoms with van der Waals surface area (Å²) in [7, 11) is 3.08. The molecule has 156 valence electrons. The number of aromatic nitrogens is 1. The molecule has 2 amide bonds. The molecule has 1 heterocycles. The van der Waals surface area contributed by atoms with Gasteiger partial charge in [0.1, 0.15) is 17.5 Å². The van der Waals surface area contributed by atoms with Crippen LogP contribution in [-0.4, -0.2) is 37.2 Å². The largest absolute Gasteiger partial charge is 0.497 e. The van der Waals surface area contributed by atoms with Gasteiger partial charge in [0.25, 0.3) is 5.91 Å². The van der Waals surface area contributed by atoms with Crippen molar-refractivity contribution in [2.45, 2.75) is 19.5 Å². The van der Waals surface area contributed by atoms with E-state index in [1.807, 2.05) is 30.3 Å². The van der Waals surface area contributed by atoms with Gasteiger partial charge in [-0.25, -0.2) is 0 Å². The fourth-order valence-electron chi connectivity index (χ4n) is 2.79. The molecule has 0 saturated carbocycles. The Hall–Kier alpha value is -3.81. The smallest absolute Gasteiger partial charge is 0.274 e. The summed E-state index contributed by atoms with van der Waals surface area (Å²) in [4.78, 5) is 24.8. The van der Waals surface area contributed by atoms with Crippen LogP contribution in [0.3, 0.4) is 0 Å². The molecule has 8 nitrogen and oxygen atoms in total. The zero-order chi connectivity index (χ0) is 21.5. The predicted octanol–water partition coefficient (Wildman–Crippen LogP) is 2.79. The van der Waals surface area contributed by atoms with Gasteiger partial charge < -0.3 is 24.6 Å². The lowest BCUT2D eigenvalue weighted by atomic mass is 10.1. The van der Waals surface area contributed by atoms with Gasteiger partial charge in [-0.3, -0.25) is 9.59 Å². The van der Waals surface area contributed by atoms with Gasteiger partial charge in [0.15, 0.2) is 11.5 Å². The second-order valence-electron chi connectivity index (χ2n) is 6.54. The third-order valence-corrected chi connectivity index (χ3v) is 4.47. The highest BCUT2D eigenvalue weighted by molar-refractivity contribution is 5.96. The first-order valence-corrected chi connectivity index (χ1v) is 9.33. The Morgan fingerprint density at radius 1 is 1.07 bits per heavy atom. The van der Waals surface area contributed by atoms with Crippen molar-refractivity contribution in [2.24, 2.45) is 0 Å². The van der Waals surface area contributed by atoms with E-state index >= 15 is 0 Å². The molecule has 3 rings (SSSR count). The lowest BCUT2D eigenvalue weighted by molar-refractivity contribution is -0.122. The summed E-state index contributed by atoms with van der Waals surface area (Å²) in [6.07, 6.45) is 0. The Labute approximate surface area is 174 Å². The second-order valence-corrected chi connectivity index (χ2v) is 6.54. The van der Waals surface area contributed by atoms with Crippen molar-refractivity contribution in [1.82, 2.24) is 15.8 Å². The highest BCUT2D eigenvalue weighted by Gasteiger charge is 2.21. The van der Waals surface area contributed by atoms with Gasteiger partial charge in [0.05, 0.1) is 19.8 Å². The van der Waals surface area contributed by atoms with Crippen LogP contribution in [0.5, 0.6) is 11.5 Å². The van der Waals surface area contributed by atoms with E-state index < -0.39 is 11.9 Å². The van der Waals surface area contributed by atoms with E-state index in [0.29, 0.717) is 29.4 Å². The van der Waals surface area contributed by atoms with Crippen LogP contribution in [0.2, 0.25) is 0 Å². The zero-order valence-electron chi connectivity index (χ0n) is 17.0. The van der Waals surface area contributed by atoms with Gasteiger partial charge in [0, 0.05) is 12.6 Å². The van der Waals surface area contributed by atoms with Crippen LogP contribution in [-0.2, 0) is 11.3 Å². The first-order chi connectivity index (χ1) is 14.5. The molecule has 0 radical (unpaired) electrons. The van der Waals surface area contributed by atoms with Crippen molar-refractivity contribution in [2.75, 3.05) is 14.2 Å². The Kier molecular flexibility index (Phi) is 6.69. The molecule has 0 aliphatic heterocycles. The molecular formula is C22H23N3O5. The first kappa shape index (κ1) is 20.9. The molecule has 30 heavy (non-hydrogen) atoms. The summed E-state index contributed by atoms with van der Waals surface area (Å²) in [6, 6.07) is 15.5. The Morgan fingerprint density at radius 2 is 1.83 bits per heavy atom. The molecular weight excluding hydrogens is 386 g/mol. The third-order valence-electron chi connectivity index (χ3n) is 4.47. The molecule has 1 aromatic heterocycles. The Bertz CT molecular complexity index is 1020. The molecule has 0 aliphatic carbocycles. The summed E-state index contributed by atoms with van der Waals surface area (Å²) in [5, 5.41) is 9.22. The minimum absolute atomic E-state index is 0.0533. The number of rotatable bonds is 8. The predicted molar refractivity (Wildman–Crippen MR) is 110 cm³/mol. The van der Waals surface area contributed by atoms with E-state index in [-0.39, 0.29) is 11.6 Å². The van der Waals surface area contributed by atoms with E-state index in [2.05, 4.69) is 15.8 Å². The summed E-state index contributed by atoms with van der Waals surface area (Å²) >= 11 is 0. The van der Waals surface area contributed by atoms with E-state index in [1.165, 1.54) is 13.2 Å². The molecule has 0 fully saturated rings. The topological polar surface area (TPSA) is 103 Å². The number of hydrogen-bond acceptors (Lipinski definition) is 6. The molecule has 1 atom stereocenters. The lowest BCUT2D eigenvalue weighted by Gasteiger charge is -2.13. The van der Waals surface area contributed by atoms with Crippen LogP contribution < -0.4 is 20.1 Å². The van der Waals surface area contributed by atoms with Crippen LogP contribution in [0.4, 0.5) is 0 Å². The molecule has 8 heteroatoms. The minimum atomic E-state index is -0.743. The van der Waals surface area contributed by atoms with Crippen LogP contribution in [0.25, 0.3) is 11.3 Å². The maximum Gasteiger partial charge on any atom is 0.274 e. The number of carbonyl (C=O) groups excluding carboxylic acids is 2. The highest BCUT2D eigenvalue weighted by atomic mass is 16.5. The fraction of sp³-hybridized carbons (Fsp3) is 0.227. The van der Waals surface area contributed by atoms with Gasteiger partial charge in [-0.2, -0.15) is 0 Å². The normalized spacial score (nSPS) is 11.4. The number of ether oxygens (including phenoxy) is 2. The number of amides is 2. The van der Waals surface area contributed by atoms with Crippen molar-refractivity contribution in [3.8, 4) is 22.8 Å². The Balaban J connectivity index is 1.64. The number of benzene rings is 2. The van der Waals surface area contributed by atoms with E-state index in [1.54, 1.807) is 32.2 Å². The summed E-state index contributed by atoms with van der Waals surface area (Å²) in [6.45, 7) is 1.98. The molecule has 0 aliphatic rings. The number of carbonyl (C=O) groups is 2. The second kappa shape index (κ2) is 9.60. The lowest BCUT2D eigenvalue weighted by Crippen LogP contribution is -2.44. The van der Waals surface area contributed by atoms with Crippen LogP contribution in [0.15, 0.2) is 59.1 Å². The zero-order valence-corrected chi connectivity index (χ0v) is 17.0. The molecule has 0 spiro atoms. The van der Waals surface area contributed by atoms with Gasteiger partial charge in [-0.15, -0.1) is 0 Å². The van der Waals surface area contributed by atoms with E-state index in [0.717, 1.165) is 5.56 Å². The molecule has 0 bridgehead atoms. The van der Waals surface area contributed by atoms with Crippen molar-refractivity contribution in [3.05, 3.63) is 65.9 Å². The van der Waals surface area contributed by atoms with E-state index in [4.69, 9.17) is 14.0 Å². The van der Waals surface area contributed by atoms with Crippen molar-refractivity contribution in [3.63, 3.8) is 0 Å². The van der Waals surface area contributed by atoms with Crippen LogP contribution in [0.1, 0.15) is 23.0 Å². The highest BCUT2D eigenvalue weighted by Crippen LogP contribution is 2.33. The average molecular weight is 409 g/mol. The van der Waals surface area contributed by atoms with Gasteiger partial charge in [0.2, 0.25) is 5.91 Å². The fourth-order valence-corrected chi connectivity index (χ4v) is 2.79. The third kappa shape index (κ3) is 4.96. The number of nitrogens with zero attached hydrogens (tertiary/aromatic N) is 1. The maximum absolute atomic E-state index is 12.5. The van der Waals surface area contributed by atoms with Crippen molar-refractivity contribution in [1.29, 1.82) is 0 Å². The van der Waals surface area contributed by atoms with Gasteiger partial charge in [-0.1, -0.05) is 35.5 Å². The Morgan fingerprint density at radius 3 is 2.53 bits per heavy atom. The van der Waals surface area contributed by atoms with E-state index in [9.17, 15) is 9.59 Å². The monoisotopic (exact) mass is 409 g/mol. The van der Waals surface area contributed by atoms with Crippen molar-refractivity contribution < 1.29 is 23.6 Å². The maximum atomic E-state index is 12.5. The summed E-state index contributed by atoms with van der Waals surface area (Å²) in [5.74, 6) is 0.682. The summed E-state index contributed by atoms with van der Waals surface area (Å²) in [5.41, 5.74) is 1.62. The van der Waals surface area contributed by atoms with Crippen LogP contribution in [0, 0.1) is 0 Å². The van der Waals surface area contributed by atoms with Gasteiger partial charge in [-0.05, 0) is 30.7 Å². The minimum Gasteiger partial charge on any atom is -0.497 e. The average Bonchev–Trinajstić information content (AvgIpc) is 3.28. The number of nitrogens with one attached hydrogen (secondary N) is 2. The van der Waals surface area contributed by atoms with Crippen LogP contribution >= 0.6 is 0 Å². The number of methoxy groups -OCH3 is 2. The molecule has 2 N–H and O–H groups in total. The van der Waals surface area contributed by atoms with Crippen molar-refractivity contribution >= 4 is 11.8 Å². The standard InChI is InChI=1S/C22H23N3O5/c1-14(21(26)23-13-15-7-5-4-6-8-15)24-22(27)18-12-20(30-25-18)17-11-16(28-2)9-10-19(17)29-3/h4-12,14H,13H2,1-3H3,(H,23,26)(H,24,27). The van der Waals surface area contributed by atoms with Gasteiger partial charge >= 0.3 is 0 Å². The summed E-state index contributed by atoms with van der Waals surface area (Å²) < 4.78 is 15.9. The molecule has 3 aromatic rings.